The molecule has 1 heterocycles. The summed E-state index contributed by atoms with van der Waals surface area (Å²) in [6.07, 6.45) is 0. The van der Waals surface area contributed by atoms with Crippen LogP contribution in [0.25, 0.3) is 0 Å². The van der Waals surface area contributed by atoms with Crippen molar-refractivity contribution in [3.8, 4) is 0 Å². The van der Waals surface area contributed by atoms with Crippen molar-refractivity contribution in [3.05, 3.63) is 29.3 Å². The van der Waals surface area contributed by atoms with Gasteiger partial charge in [-0.05, 0) is 58.7 Å². The molecule has 0 aromatic heterocycles. The number of anilines is 1. The van der Waals surface area contributed by atoms with Gasteiger partial charge in [0.15, 0.2) is 5.96 Å². The molecular weight excluding hydrogens is 483 g/mol. The number of benzene rings is 1. The van der Waals surface area contributed by atoms with Crippen LogP contribution in [0.15, 0.2) is 23.2 Å². The maximum Gasteiger partial charge on any atom is 0.194 e. The van der Waals surface area contributed by atoms with Gasteiger partial charge in [0.25, 0.3) is 0 Å². The summed E-state index contributed by atoms with van der Waals surface area (Å²) in [7, 11) is -0.860. The monoisotopic (exact) mass is 520 g/mol. The Labute approximate surface area is 190 Å². The first-order valence-electron chi connectivity index (χ1n) is 9.97. The Hall–Kier alpha value is -0.830. The Kier molecular flexibility index (Phi) is 10.2. The molecule has 1 atom stereocenters. The molecule has 0 spiro atoms. The fourth-order valence-corrected chi connectivity index (χ4v) is 4.07. The van der Waals surface area contributed by atoms with E-state index in [0.717, 1.165) is 38.7 Å². The largest absolute Gasteiger partial charge is 0.368 e. The van der Waals surface area contributed by atoms with Crippen LogP contribution in [0.5, 0.6) is 0 Å². The predicted molar refractivity (Wildman–Crippen MR) is 134 cm³/mol. The normalized spacial score (nSPS) is 16.6. The van der Waals surface area contributed by atoms with Crippen molar-refractivity contribution >= 4 is 46.4 Å². The van der Waals surface area contributed by atoms with Gasteiger partial charge < -0.3 is 15.1 Å². The van der Waals surface area contributed by atoms with Crippen LogP contribution in [0.4, 0.5) is 5.69 Å². The van der Waals surface area contributed by atoms with Crippen molar-refractivity contribution in [2.75, 3.05) is 49.9 Å². The highest BCUT2D eigenvalue weighted by atomic mass is 127. The summed E-state index contributed by atoms with van der Waals surface area (Å²) in [5, 5.41) is 3.40. The highest BCUT2D eigenvalue weighted by Gasteiger charge is 2.22. The van der Waals surface area contributed by atoms with E-state index in [4.69, 9.17) is 4.99 Å². The summed E-state index contributed by atoms with van der Waals surface area (Å²) in [6, 6.07) is 6.54. The third-order valence-corrected chi connectivity index (χ3v) is 6.97. The van der Waals surface area contributed by atoms with Crippen molar-refractivity contribution in [3.63, 3.8) is 0 Å². The van der Waals surface area contributed by atoms with Crippen LogP contribution >= 0.6 is 24.0 Å². The van der Waals surface area contributed by atoms with Crippen LogP contribution < -0.4 is 10.2 Å². The lowest BCUT2D eigenvalue weighted by Gasteiger charge is -2.38. The molecule has 1 saturated heterocycles. The highest BCUT2D eigenvalue weighted by molar-refractivity contribution is 14.0. The number of rotatable bonds is 5. The Bertz CT molecular complexity index is 679. The average molecular weight is 521 g/mol. The number of hydrogen-bond acceptors (Lipinski definition) is 3. The maximum atomic E-state index is 12.2. The standard InChI is InChI=1S/C21H36N4OS.HI/c1-7-22-20(23-11-16-27(26)21(4,5)6)25-14-12-24(13-15-25)19-10-8-9-17(2)18(19)3;/h8-10H,7,11-16H2,1-6H3,(H,22,23);1H. The summed E-state index contributed by atoms with van der Waals surface area (Å²) in [6.45, 7) is 17.8. The molecule has 1 aromatic rings. The molecule has 160 valence electrons. The second-order valence-electron chi connectivity index (χ2n) is 8.09. The van der Waals surface area contributed by atoms with Gasteiger partial charge in [-0.3, -0.25) is 9.20 Å². The second-order valence-corrected chi connectivity index (χ2v) is 10.4. The van der Waals surface area contributed by atoms with E-state index in [0.29, 0.717) is 12.3 Å². The average Bonchev–Trinajstić information content (AvgIpc) is 2.62. The minimum absolute atomic E-state index is 0. The van der Waals surface area contributed by atoms with E-state index in [9.17, 15) is 4.21 Å². The predicted octanol–water partition coefficient (Wildman–Crippen LogP) is 3.56. The third-order valence-electron chi connectivity index (χ3n) is 5.05. The Balaban J connectivity index is 0.00000392. The van der Waals surface area contributed by atoms with Gasteiger partial charge in [0.1, 0.15) is 0 Å². The number of hydrogen-bond donors (Lipinski definition) is 1. The van der Waals surface area contributed by atoms with Crippen LogP contribution in [-0.2, 0) is 10.8 Å². The van der Waals surface area contributed by atoms with Crippen LogP contribution in [0.3, 0.4) is 0 Å². The summed E-state index contributed by atoms with van der Waals surface area (Å²) in [5.74, 6) is 1.56. The van der Waals surface area contributed by atoms with E-state index in [1.807, 2.05) is 20.8 Å². The quantitative estimate of drug-likeness (QED) is 0.367. The van der Waals surface area contributed by atoms with E-state index in [-0.39, 0.29) is 28.7 Å². The molecule has 2 rings (SSSR count). The van der Waals surface area contributed by atoms with E-state index in [1.165, 1.54) is 16.8 Å². The van der Waals surface area contributed by atoms with Crippen molar-refractivity contribution in [1.82, 2.24) is 10.2 Å². The van der Waals surface area contributed by atoms with E-state index >= 15 is 0 Å². The minimum Gasteiger partial charge on any atom is -0.368 e. The molecule has 1 N–H and O–H groups in total. The summed E-state index contributed by atoms with van der Waals surface area (Å²) in [4.78, 5) is 9.53. The van der Waals surface area contributed by atoms with Crippen molar-refractivity contribution in [1.29, 1.82) is 0 Å². The first-order chi connectivity index (χ1) is 12.7. The number of halogens is 1. The number of aliphatic imine (C=N–C) groups is 1. The Morgan fingerprint density at radius 2 is 1.82 bits per heavy atom. The van der Waals surface area contributed by atoms with Crippen molar-refractivity contribution < 1.29 is 4.21 Å². The molecule has 1 unspecified atom stereocenters. The Morgan fingerprint density at radius 3 is 2.39 bits per heavy atom. The lowest BCUT2D eigenvalue weighted by molar-refractivity contribution is 0.372. The summed E-state index contributed by atoms with van der Waals surface area (Å²) < 4.78 is 12.1. The maximum absolute atomic E-state index is 12.2. The second kappa shape index (κ2) is 11.4. The molecule has 0 amide bonds. The van der Waals surface area contributed by atoms with Crippen molar-refractivity contribution in [2.24, 2.45) is 4.99 Å². The van der Waals surface area contributed by atoms with Gasteiger partial charge in [-0.1, -0.05) is 12.1 Å². The Morgan fingerprint density at radius 1 is 1.18 bits per heavy atom. The van der Waals surface area contributed by atoms with Gasteiger partial charge in [0.05, 0.1) is 6.54 Å². The molecule has 0 radical (unpaired) electrons. The van der Waals surface area contributed by atoms with Crippen LogP contribution in [-0.4, -0.2) is 64.8 Å². The number of nitrogens with one attached hydrogen (secondary N) is 1. The smallest absolute Gasteiger partial charge is 0.194 e. The number of guanidine groups is 1. The molecule has 28 heavy (non-hydrogen) atoms. The highest BCUT2D eigenvalue weighted by Crippen LogP contribution is 2.23. The number of piperazine rings is 1. The molecule has 0 saturated carbocycles. The SMILES string of the molecule is CCNC(=NCCS(=O)C(C)(C)C)N1CCN(c2cccc(C)c2C)CC1.I. The molecule has 0 aliphatic carbocycles. The number of aryl methyl sites for hydroxylation is 1. The van der Waals surface area contributed by atoms with Gasteiger partial charge in [-0.25, -0.2) is 0 Å². The summed E-state index contributed by atoms with van der Waals surface area (Å²) in [5.41, 5.74) is 4.06. The third kappa shape index (κ3) is 6.90. The molecule has 7 heteroatoms. The number of nitrogens with zero attached hydrogens (tertiary/aromatic N) is 3. The fourth-order valence-electron chi connectivity index (χ4n) is 3.20. The molecule has 1 aliphatic heterocycles. The molecule has 0 bridgehead atoms. The van der Waals surface area contributed by atoms with E-state index < -0.39 is 10.8 Å². The summed E-state index contributed by atoms with van der Waals surface area (Å²) >= 11 is 0. The zero-order chi connectivity index (χ0) is 20.0. The topological polar surface area (TPSA) is 47.9 Å². The molecule has 5 nitrogen and oxygen atoms in total. The zero-order valence-corrected chi connectivity index (χ0v) is 21.4. The van der Waals surface area contributed by atoms with Gasteiger partial charge in [-0.2, -0.15) is 0 Å². The minimum atomic E-state index is -0.860. The van der Waals surface area contributed by atoms with E-state index in [2.05, 4.69) is 54.1 Å². The first-order valence-corrected chi connectivity index (χ1v) is 11.3. The van der Waals surface area contributed by atoms with Crippen LogP contribution in [0, 0.1) is 13.8 Å². The zero-order valence-electron chi connectivity index (χ0n) is 18.2. The fraction of sp³-hybridized carbons (Fsp3) is 0.667. The molecular formula is C21H37IN4OS. The van der Waals surface area contributed by atoms with Gasteiger partial charge >= 0.3 is 0 Å². The van der Waals surface area contributed by atoms with Gasteiger partial charge in [-0.15, -0.1) is 24.0 Å². The van der Waals surface area contributed by atoms with E-state index in [1.54, 1.807) is 0 Å². The molecule has 1 fully saturated rings. The first kappa shape index (κ1) is 25.2. The molecule has 1 aromatic carbocycles. The lowest BCUT2D eigenvalue weighted by Crippen LogP contribution is -2.52. The van der Waals surface area contributed by atoms with Gasteiger partial charge in [0, 0.05) is 59.7 Å². The van der Waals surface area contributed by atoms with Gasteiger partial charge in [0.2, 0.25) is 0 Å². The molecule has 1 aliphatic rings. The van der Waals surface area contributed by atoms with Crippen LogP contribution in [0.2, 0.25) is 0 Å². The lowest BCUT2D eigenvalue weighted by atomic mass is 10.1. The van der Waals surface area contributed by atoms with Crippen molar-refractivity contribution in [2.45, 2.75) is 46.3 Å². The van der Waals surface area contributed by atoms with Crippen LogP contribution in [0.1, 0.15) is 38.8 Å².